The molecule has 0 fully saturated rings. The van der Waals surface area contributed by atoms with E-state index in [2.05, 4.69) is 15.5 Å². The molecule has 0 bridgehead atoms. The minimum Gasteiger partial charge on any atom is -0.356 e. The SMILES string of the molecule is O=S(=O)(O)c1ccc(N=Nc2ccc(Nc3ccccc3)cc2)cc1. The molecule has 0 spiro atoms. The number of para-hydroxylation sites is 1. The van der Waals surface area contributed by atoms with Crippen LogP contribution in [0.3, 0.4) is 0 Å². The highest BCUT2D eigenvalue weighted by Gasteiger charge is 2.07. The van der Waals surface area contributed by atoms with Crippen molar-refractivity contribution in [3.8, 4) is 0 Å². The molecule has 0 unspecified atom stereocenters. The van der Waals surface area contributed by atoms with E-state index in [9.17, 15) is 8.42 Å². The molecular formula is C18H15N3O3S. The Morgan fingerprint density at radius 2 is 1.16 bits per heavy atom. The summed E-state index contributed by atoms with van der Waals surface area (Å²) < 4.78 is 30.9. The average molecular weight is 353 g/mol. The van der Waals surface area contributed by atoms with Gasteiger partial charge in [0.15, 0.2) is 0 Å². The smallest absolute Gasteiger partial charge is 0.294 e. The lowest BCUT2D eigenvalue weighted by molar-refractivity contribution is 0.483. The minimum absolute atomic E-state index is 0.178. The monoisotopic (exact) mass is 353 g/mol. The first-order valence-corrected chi connectivity index (χ1v) is 8.86. The Labute approximate surface area is 145 Å². The van der Waals surface area contributed by atoms with E-state index in [1.54, 1.807) is 0 Å². The Kier molecular flexibility index (Phi) is 4.87. The average Bonchev–Trinajstić information content (AvgIpc) is 2.62. The van der Waals surface area contributed by atoms with Crippen molar-refractivity contribution in [2.75, 3.05) is 5.32 Å². The molecule has 0 radical (unpaired) electrons. The lowest BCUT2D eigenvalue weighted by Gasteiger charge is -2.05. The summed E-state index contributed by atoms with van der Waals surface area (Å²) in [7, 11) is -4.20. The normalized spacial score (nSPS) is 11.6. The van der Waals surface area contributed by atoms with Gasteiger partial charge in [-0.15, -0.1) is 0 Å². The van der Waals surface area contributed by atoms with E-state index in [4.69, 9.17) is 4.55 Å². The van der Waals surface area contributed by atoms with Crippen molar-refractivity contribution in [3.63, 3.8) is 0 Å². The largest absolute Gasteiger partial charge is 0.356 e. The molecule has 6 nitrogen and oxygen atoms in total. The lowest BCUT2D eigenvalue weighted by atomic mass is 10.2. The quantitative estimate of drug-likeness (QED) is 0.493. The van der Waals surface area contributed by atoms with Crippen LogP contribution in [0.1, 0.15) is 0 Å². The van der Waals surface area contributed by atoms with Gasteiger partial charge in [-0.25, -0.2) is 0 Å². The minimum atomic E-state index is -4.20. The molecule has 0 saturated carbocycles. The number of nitrogens with zero attached hydrogens (tertiary/aromatic N) is 2. The molecule has 0 aliphatic heterocycles. The van der Waals surface area contributed by atoms with Gasteiger partial charge in [0, 0.05) is 11.4 Å². The van der Waals surface area contributed by atoms with Crippen LogP contribution in [0, 0.1) is 0 Å². The summed E-state index contributed by atoms with van der Waals surface area (Å²) in [6, 6.07) is 22.7. The van der Waals surface area contributed by atoms with Crippen LogP contribution in [0.5, 0.6) is 0 Å². The molecule has 0 saturated heterocycles. The van der Waals surface area contributed by atoms with Crippen LogP contribution in [0.25, 0.3) is 0 Å². The van der Waals surface area contributed by atoms with E-state index in [1.807, 2.05) is 54.6 Å². The standard InChI is InChI=1S/C18H15N3O3S/c22-25(23,24)18-12-10-17(11-13-18)21-20-16-8-6-15(7-9-16)19-14-4-2-1-3-5-14/h1-13,19H,(H,22,23,24). The molecule has 3 aromatic carbocycles. The van der Waals surface area contributed by atoms with Crippen molar-refractivity contribution < 1.29 is 13.0 Å². The Morgan fingerprint density at radius 3 is 1.68 bits per heavy atom. The molecule has 0 atom stereocenters. The highest BCUT2D eigenvalue weighted by atomic mass is 32.2. The number of anilines is 2. The second-order valence-corrected chi connectivity index (χ2v) is 6.63. The van der Waals surface area contributed by atoms with Crippen LogP contribution in [0.4, 0.5) is 22.7 Å². The van der Waals surface area contributed by atoms with E-state index < -0.39 is 10.1 Å². The van der Waals surface area contributed by atoms with Crippen molar-refractivity contribution in [3.05, 3.63) is 78.9 Å². The summed E-state index contributed by atoms with van der Waals surface area (Å²) in [6.45, 7) is 0. The number of hydrogen-bond donors (Lipinski definition) is 2. The van der Waals surface area contributed by atoms with Crippen molar-refractivity contribution >= 4 is 32.9 Å². The molecule has 0 aliphatic carbocycles. The summed E-state index contributed by atoms with van der Waals surface area (Å²) in [5, 5.41) is 11.4. The second kappa shape index (κ2) is 7.25. The first-order valence-electron chi connectivity index (χ1n) is 7.42. The predicted octanol–water partition coefficient (Wildman–Crippen LogP) is 5.09. The van der Waals surface area contributed by atoms with Crippen LogP contribution in [-0.4, -0.2) is 13.0 Å². The Balaban J connectivity index is 1.67. The summed E-state index contributed by atoms with van der Waals surface area (Å²) in [4.78, 5) is -0.178. The molecule has 2 N–H and O–H groups in total. The van der Waals surface area contributed by atoms with Gasteiger partial charge in [0.05, 0.1) is 16.3 Å². The number of nitrogens with one attached hydrogen (secondary N) is 1. The molecule has 126 valence electrons. The van der Waals surface area contributed by atoms with E-state index in [-0.39, 0.29) is 4.90 Å². The third kappa shape index (κ3) is 4.72. The fourth-order valence-corrected chi connectivity index (χ4v) is 2.58. The molecule has 0 amide bonds. The maximum absolute atomic E-state index is 11.0. The summed E-state index contributed by atoms with van der Waals surface area (Å²) in [6.07, 6.45) is 0. The zero-order valence-corrected chi connectivity index (χ0v) is 13.9. The maximum Gasteiger partial charge on any atom is 0.294 e. The molecule has 3 rings (SSSR count). The first kappa shape index (κ1) is 16.8. The van der Waals surface area contributed by atoms with Crippen LogP contribution in [-0.2, 0) is 10.1 Å². The summed E-state index contributed by atoms with van der Waals surface area (Å²) >= 11 is 0. The van der Waals surface area contributed by atoms with Crippen LogP contribution < -0.4 is 5.32 Å². The Bertz CT molecular complexity index is 968. The van der Waals surface area contributed by atoms with Gasteiger partial charge >= 0.3 is 0 Å². The molecular weight excluding hydrogens is 338 g/mol. The summed E-state index contributed by atoms with van der Waals surface area (Å²) in [5.41, 5.74) is 3.08. The van der Waals surface area contributed by atoms with Crippen LogP contribution in [0.2, 0.25) is 0 Å². The molecule has 0 aromatic heterocycles. The number of rotatable bonds is 5. The van der Waals surface area contributed by atoms with Gasteiger partial charge in [0.2, 0.25) is 0 Å². The molecule has 3 aromatic rings. The van der Waals surface area contributed by atoms with Gasteiger partial charge in [0.25, 0.3) is 10.1 Å². The Hall–Kier alpha value is -3.03. The topological polar surface area (TPSA) is 91.1 Å². The maximum atomic E-state index is 11.0. The van der Waals surface area contributed by atoms with Crippen molar-refractivity contribution in [2.45, 2.75) is 4.90 Å². The molecule has 7 heteroatoms. The van der Waals surface area contributed by atoms with E-state index in [0.29, 0.717) is 11.4 Å². The predicted molar refractivity (Wildman–Crippen MR) is 96.6 cm³/mol. The summed E-state index contributed by atoms with van der Waals surface area (Å²) in [5.74, 6) is 0. The van der Waals surface area contributed by atoms with Gasteiger partial charge in [-0.3, -0.25) is 4.55 Å². The lowest BCUT2D eigenvalue weighted by Crippen LogP contribution is -1.96. The van der Waals surface area contributed by atoms with Gasteiger partial charge in [-0.05, 0) is 60.7 Å². The zero-order valence-electron chi connectivity index (χ0n) is 13.1. The van der Waals surface area contributed by atoms with Gasteiger partial charge in [-0.2, -0.15) is 18.6 Å². The molecule has 25 heavy (non-hydrogen) atoms. The highest BCUT2D eigenvalue weighted by molar-refractivity contribution is 7.85. The van der Waals surface area contributed by atoms with Gasteiger partial charge < -0.3 is 5.32 Å². The molecule has 0 aliphatic rings. The number of hydrogen-bond acceptors (Lipinski definition) is 5. The van der Waals surface area contributed by atoms with Crippen molar-refractivity contribution in [1.29, 1.82) is 0 Å². The van der Waals surface area contributed by atoms with Crippen LogP contribution >= 0.6 is 0 Å². The third-order valence-corrected chi connectivity index (χ3v) is 4.21. The van der Waals surface area contributed by atoms with E-state index >= 15 is 0 Å². The van der Waals surface area contributed by atoms with Gasteiger partial charge in [0.1, 0.15) is 0 Å². The fourth-order valence-electron chi connectivity index (χ4n) is 2.10. The fraction of sp³-hybridized carbons (Fsp3) is 0. The highest BCUT2D eigenvalue weighted by Crippen LogP contribution is 2.23. The second-order valence-electron chi connectivity index (χ2n) is 5.21. The van der Waals surface area contributed by atoms with E-state index in [0.717, 1.165) is 11.4 Å². The van der Waals surface area contributed by atoms with Crippen LogP contribution in [0.15, 0.2) is 94.0 Å². The van der Waals surface area contributed by atoms with E-state index in [1.165, 1.54) is 24.3 Å². The van der Waals surface area contributed by atoms with Crippen molar-refractivity contribution in [2.24, 2.45) is 10.2 Å². The zero-order chi connectivity index (χ0) is 17.7. The van der Waals surface area contributed by atoms with Crippen molar-refractivity contribution in [1.82, 2.24) is 0 Å². The number of benzene rings is 3. The first-order chi connectivity index (χ1) is 12.0. The number of azo groups is 1. The Morgan fingerprint density at radius 1 is 0.680 bits per heavy atom. The third-order valence-electron chi connectivity index (χ3n) is 3.35. The molecule has 0 heterocycles. The van der Waals surface area contributed by atoms with Gasteiger partial charge in [-0.1, -0.05) is 18.2 Å².